The lowest BCUT2D eigenvalue weighted by Gasteiger charge is -2.28. The molecule has 1 heterocycles. The number of hydrogen-bond donors (Lipinski definition) is 1. The van der Waals surface area contributed by atoms with Crippen molar-refractivity contribution in [3.63, 3.8) is 0 Å². The van der Waals surface area contributed by atoms with Crippen LogP contribution in [0.1, 0.15) is 45.3 Å². The van der Waals surface area contributed by atoms with Crippen molar-refractivity contribution in [1.29, 1.82) is 0 Å². The molecule has 21 heavy (non-hydrogen) atoms. The van der Waals surface area contributed by atoms with E-state index in [1.165, 1.54) is 12.8 Å². The third-order valence-electron chi connectivity index (χ3n) is 4.61. The normalized spacial score (nSPS) is 17.5. The number of carbonyl (C=O) groups excluding carboxylic acids is 1. The fraction of sp³-hybridized carbons (Fsp3) is 0.588. The number of hydrogen-bond acceptors (Lipinski definition) is 3. The van der Waals surface area contributed by atoms with E-state index in [1.54, 1.807) is 11.9 Å². The Morgan fingerprint density at radius 2 is 1.95 bits per heavy atom. The number of benzene rings is 1. The van der Waals surface area contributed by atoms with E-state index in [-0.39, 0.29) is 5.91 Å². The van der Waals surface area contributed by atoms with Crippen LogP contribution in [-0.2, 0) is 4.79 Å². The lowest BCUT2D eigenvalue weighted by Crippen LogP contribution is -2.29. The Bertz CT molecular complexity index is 512. The number of nitrogens with zero attached hydrogens (tertiary/aromatic N) is 2. The third-order valence-corrected chi connectivity index (χ3v) is 4.61. The van der Waals surface area contributed by atoms with Crippen molar-refractivity contribution in [2.24, 2.45) is 5.92 Å². The van der Waals surface area contributed by atoms with Crippen LogP contribution in [-0.4, -0.2) is 31.2 Å². The zero-order chi connectivity index (χ0) is 15.6. The molecule has 0 spiro atoms. The fourth-order valence-corrected chi connectivity index (χ4v) is 2.96. The highest BCUT2D eigenvalue weighted by Gasteiger charge is 2.33. The Morgan fingerprint density at radius 3 is 2.52 bits per heavy atom. The highest BCUT2D eigenvalue weighted by Crippen LogP contribution is 2.37. The van der Waals surface area contributed by atoms with Crippen molar-refractivity contribution >= 4 is 17.3 Å². The van der Waals surface area contributed by atoms with Crippen LogP contribution in [0.2, 0.25) is 0 Å². The Labute approximate surface area is 127 Å². The summed E-state index contributed by atoms with van der Waals surface area (Å²) in [6, 6.07) is 5.92. The third kappa shape index (κ3) is 2.91. The van der Waals surface area contributed by atoms with Crippen molar-refractivity contribution in [2.45, 2.75) is 39.7 Å². The number of aliphatic hydroxyl groups is 1. The van der Waals surface area contributed by atoms with Crippen molar-refractivity contribution in [3.05, 3.63) is 23.8 Å². The molecule has 0 fully saturated rings. The van der Waals surface area contributed by atoms with Gasteiger partial charge < -0.3 is 14.9 Å². The minimum absolute atomic E-state index is 0.245. The number of aliphatic hydroxyl groups excluding tert-OH is 1. The summed E-state index contributed by atoms with van der Waals surface area (Å²) >= 11 is 0. The molecule has 2 rings (SSSR count). The van der Waals surface area contributed by atoms with Gasteiger partial charge in [0.1, 0.15) is 0 Å². The number of fused-ring (bicyclic) bond motifs is 1. The van der Waals surface area contributed by atoms with Gasteiger partial charge in [-0.15, -0.1) is 0 Å². The van der Waals surface area contributed by atoms with Gasteiger partial charge in [0.05, 0.1) is 5.69 Å². The second-order valence-electron chi connectivity index (χ2n) is 5.76. The first-order chi connectivity index (χ1) is 10.0. The van der Waals surface area contributed by atoms with Crippen LogP contribution >= 0.6 is 0 Å². The van der Waals surface area contributed by atoms with Gasteiger partial charge in [-0.1, -0.05) is 32.8 Å². The lowest BCUT2D eigenvalue weighted by atomic mass is 10.0. The number of carbonyl (C=O) groups is 1. The molecule has 116 valence electrons. The highest BCUT2D eigenvalue weighted by atomic mass is 16.3. The molecule has 1 aliphatic heterocycles. The van der Waals surface area contributed by atoms with Crippen LogP contribution < -0.4 is 9.80 Å². The van der Waals surface area contributed by atoms with Gasteiger partial charge in [-0.25, -0.2) is 0 Å². The van der Waals surface area contributed by atoms with E-state index < -0.39 is 6.10 Å². The Balaban J connectivity index is 2.27. The SMILES string of the molecule is CCC(CC)CN(CC)c1ccc2c(c1)N(C)C(=O)C2O. The van der Waals surface area contributed by atoms with Gasteiger partial charge in [-0.2, -0.15) is 0 Å². The standard InChI is InChI=1S/C17H26N2O2/c1-5-12(6-2)11-19(7-3)13-8-9-14-15(10-13)18(4)17(21)16(14)20/h8-10,12,16,20H,5-7,11H2,1-4H3. The summed E-state index contributed by atoms with van der Waals surface area (Å²) in [6.07, 6.45) is 1.34. The van der Waals surface area contributed by atoms with Gasteiger partial charge in [0, 0.05) is 31.4 Å². The zero-order valence-electron chi connectivity index (χ0n) is 13.5. The molecule has 1 aliphatic rings. The van der Waals surface area contributed by atoms with Crippen molar-refractivity contribution in [2.75, 3.05) is 29.9 Å². The minimum atomic E-state index is -1.01. The molecular formula is C17H26N2O2. The van der Waals surface area contributed by atoms with E-state index in [1.807, 2.05) is 18.2 Å². The summed E-state index contributed by atoms with van der Waals surface area (Å²) in [6.45, 7) is 8.58. The van der Waals surface area contributed by atoms with Gasteiger partial charge in [0.15, 0.2) is 6.10 Å². The van der Waals surface area contributed by atoms with Crippen LogP contribution in [0.4, 0.5) is 11.4 Å². The number of rotatable bonds is 6. The molecule has 1 unspecified atom stereocenters. The first-order valence-electron chi connectivity index (χ1n) is 7.87. The molecule has 1 aromatic rings. The van der Waals surface area contributed by atoms with E-state index in [9.17, 15) is 9.90 Å². The molecule has 0 aliphatic carbocycles. The maximum absolute atomic E-state index is 11.8. The largest absolute Gasteiger partial charge is 0.378 e. The molecule has 0 radical (unpaired) electrons. The van der Waals surface area contributed by atoms with E-state index in [2.05, 4.69) is 25.7 Å². The molecule has 1 amide bonds. The van der Waals surface area contributed by atoms with Crippen LogP contribution in [0, 0.1) is 5.92 Å². The topological polar surface area (TPSA) is 43.8 Å². The summed E-state index contributed by atoms with van der Waals surface area (Å²) < 4.78 is 0. The van der Waals surface area contributed by atoms with E-state index in [0.717, 1.165) is 24.5 Å². The first kappa shape index (κ1) is 15.8. The molecule has 4 heteroatoms. The molecule has 1 aromatic carbocycles. The summed E-state index contributed by atoms with van der Waals surface area (Å²) in [5.41, 5.74) is 2.66. The molecule has 0 saturated carbocycles. The summed E-state index contributed by atoms with van der Waals surface area (Å²) in [5, 5.41) is 9.92. The van der Waals surface area contributed by atoms with E-state index in [4.69, 9.17) is 0 Å². The molecule has 0 bridgehead atoms. The van der Waals surface area contributed by atoms with Crippen LogP contribution in [0.25, 0.3) is 0 Å². The zero-order valence-corrected chi connectivity index (χ0v) is 13.5. The van der Waals surface area contributed by atoms with Crippen molar-refractivity contribution < 1.29 is 9.90 Å². The smallest absolute Gasteiger partial charge is 0.260 e. The molecule has 1 N–H and O–H groups in total. The second kappa shape index (κ2) is 6.48. The van der Waals surface area contributed by atoms with Gasteiger partial charge in [-0.3, -0.25) is 4.79 Å². The predicted molar refractivity (Wildman–Crippen MR) is 86.8 cm³/mol. The molecule has 0 saturated heterocycles. The monoisotopic (exact) mass is 290 g/mol. The van der Waals surface area contributed by atoms with E-state index >= 15 is 0 Å². The average molecular weight is 290 g/mol. The van der Waals surface area contributed by atoms with Crippen LogP contribution in [0.3, 0.4) is 0 Å². The van der Waals surface area contributed by atoms with Crippen LogP contribution in [0.5, 0.6) is 0 Å². The quantitative estimate of drug-likeness (QED) is 0.876. The fourth-order valence-electron chi connectivity index (χ4n) is 2.96. The first-order valence-corrected chi connectivity index (χ1v) is 7.87. The number of amides is 1. The van der Waals surface area contributed by atoms with Gasteiger partial charge in [-0.05, 0) is 25.0 Å². The summed E-state index contributed by atoms with van der Waals surface area (Å²) in [5.74, 6) is 0.438. The number of likely N-dealkylation sites (N-methyl/N-ethyl adjacent to an activating group) is 1. The highest BCUT2D eigenvalue weighted by molar-refractivity contribution is 6.03. The predicted octanol–water partition coefficient (Wildman–Crippen LogP) is 2.96. The Hall–Kier alpha value is -1.55. The van der Waals surface area contributed by atoms with Gasteiger partial charge in [0.2, 0.25) is 0 Å². The molecule has 0 aromatic heterocycles. The summed E-state index contributed by atoms with van der Waals surface area (Å²) in [7, 11) is 1.72. The van der Waals surface area contributed by atoms with Crippen LogP contribution in [0.15, 0.2) is 18.2 Å². The second-order valence-corrected chi connectivity index (χ2v) is 5.76. The van der Waals surface area contributed by atoms with E-state index in [0.29, 0.717) is 11.5 Å². The summed E-state index contributed by atoms with van der Waals surface area (Å²) in [4.78, 5) is 15.7. The maximum Gasteiger partial charge on any atom is 0.260 e. The minimum Gasteiger partial charge on any atom is -0.378 e. The van der Waals surface area contributed by atoms with Crippen molar-refractivity contribution in [3.8, 4) is 0 Å². The molecule has 4 nitrogen and oxygen atoms in total. The Kier molecular flexibility index (Phi) is 4.88. The van der Waals surface area contributed by atoms with Crippen molar-refractivity contribution in [1.82, 2.24) is 0 Å². The van der Waals surface area contributed by atoms with Gasteiger partial charge >= 0.3 is 0 Å². The molecule has 1 atom stereocenters. The van der Waals surface area contributed by atoms with Gasteiger partial charge in [0.25, 0.3) is 5.91 Å². The maximum atomic E-state index is 11.8. The average Bonchev–Trinajstić information content (AvgIpc) is 2.73. The molecular weight excluding hydrogens is 264 g/mol. The number of anilines is 2. The lowest BCUT2D eigenvalue weighted by molar-refractivity contribution is -0.125. The Morgan fingerprint density at radius 1 is 1.29 bits per heavy atom.